The number of alkyl carbamates (subject to hydrolysis) is 2. The SMILES string of the molecule is CC(C)(C)OC(=O)NC(N)(CNC(=O)OCc1ccccc1)Cc1ccccc1. The number of rotatable bonds is 7. The fraction of sp³-hybridized carbons (Fsp3) is 0.364. The molecule has 1 atom stereocenters. The first-order valence-corrected chi connectivity index (χ1v) is 9.44. The van der Waals surface area contributed by atoms with Gasteiger partial charge in [-0.05, 0) is 31.9 Å². The van der Waals surface area contributed by atoms with Gasteiger partial charge in [0.05, 0.1) is 6.54 Å². The minimum absolute atomic E-state index is 0.0330. The van der Waals surface area contributed by atoms with Crippen molar-refractivity contribution in [3.05, 3.63) is 71.8 Å². The van der Waals surface area contributed by atoms with Gasteiger partial charge in [0.25, 0.3) is 0 Å². The molecule has 0 radical (unpaired) electrons. The lowest BCUT2D eigenvalue weighted by molar-refractivity contribution is 0.0452. The normalized spacial score (nSPS) is 13.1. The van der Waals surface area contributed by atoms with Crippen LogP contribution < -0.4 is 16.4 Å². The van der Waals surface area contributed by atoms with E-state index in [1.165, 1.54) is 0 Å². The highest BCUT2D eigenvalue weighted by Gasteiger charge is 2.30. The van der Waals surface area contributed by atoms with Gasteiger partial charge < -0.3 is 25.8 Å². The Labute approximate surface area is 171 Å². The third kappa shape index (κ3) is 8.66. The highest BCUT2D eigenvalue weighted by Crippen LogP contribution is 2.12. The molecule has 0 aliphatic carbocycles. The van der Waals surface area contributed by atoms with Crippen LogP contribution in [0.3, 0.4) is 0 Å². The largest absolute Gasteiger partial charge is 0.445 e. The second-order valence-corrected chi connectivity index (χ2v) is 7.86. The first-order chi connectivity index (χ1) is 13.7. The second kappa shape index (κ2) is 9.93. The van der Waals surface area contributed by atoms with E-state index in [1.54, 1.807) is 20.8 Å². The molecule has 2 aromatic carbocycles. The molecule has 4 N–H and O–H groups in total. The van der Waals surface area contributed by atoms with Gasteiger partial charge in [0, 0.05) is 6.42 Å². The maximum absolute atomic E-state index is 12.3. The van der Waals surface area contributed by atoms with Gasteiger partial charge in [-0.15, -0.1) is 0 Å². The topological polar surface area (TPSA) is 103 Å². The van der Waals surface area contributed by atoms with E-state index >= 15 is 0 Å². The van der Waals surface area contributed by atoms with Crippen LogP contribution in [0.1, 0.15) is 31.9 Å². The Morgan fingerprint density at radius 3 is 2.00 bits per heavy atom. The van der Waals surface area contributed by atoms with Gasteiger partial charge in [0.15, 0.2) is 0 Å². The predicted molar refractivity (Wildman–Crippen MR) is 111 cm³/mol. The fourth-order valence-corrected chi connectivity index (χ4v) is 2.62. The molecular weight excluding hydrogens is 370 g/mol. The molecule has 0 bridgehead atoms. The maximum Gasteiger partial charge on any atom is 0.409 e. The van der Waals surface area contributed by atoms with E-state index in [-0.39, 0.29) is 13.2 Å². The standard InChI is InChI=1S/C22H29N3O4/c1-21(2,3)29-20(27)25-22(23,14-17-10-6-4-7-11-17)16-24-19(26)28-15-18-12-8-5-9-13-18/h4-13H,14-16,23H2,1-3H3,(H,24,26)(H,25,27). The van der Waals surface area contributed by atoms with E-state index in [9.17, 15) is 9.59 Å². The van der Waals surface area contributed by atoms with Crippen molar-refractivity contribution in [1.82, 2.24) is 10.6 Å². The molecular formula is C22H29N3O4. The van der Waals surface area contributed by atoms with E-state index in [0.29, 0.717) is 6.42 Å². The highest BCUT2D eigenvalue weighted by atomic mass is 16.6. The summed E-state index contributed by atoms with van der Waals surface area (Å²) in [7, 11) is 0. The zero-order valence-electron chi connectivity index (χ0n) is 17.1. The highest BCUT2D eigenvalue weighted by molar-refractivity contribution is 5.70. The van der Waals surface area contributed by atoms with Crippen LogP contribution in [0, 0.1) is 0 Å². The number of hydrogen-bond acceptors (Lipinski definition) is 5. The number of amides is 2. The van der Waals surface area contributed by atoms with Gasteiger partial charge in [-0.25, -0.2) is 9.59 Å². The monoisotopic (exact) mass is 399 g/mol. The molecule has 7 heteroatoms. The Morgan fingerprint density at radius 1 is 0.897 bits per heavy atom. The molecule has 29 heavy (non-hydrogen) atoms. The number of ether oxygens (including phenoxy) is 2. The Hall–Kier alpha value is -3.06. The summed E-state index contributed by atoms with van der Waals surface area (Å²) in [4.78, 5) is 24.4. The van der Waals surface area contributed by atoms with Crippen molar-refractivity contribution in [3.63, 3.8) is 0 Å². The van der Waals surface area contributed by atoms with Gasteiger partial charge in [0.2, 0.25) is 0 Å². The van der Waals surface area contributed by atoms with Crippen LogP contribution in [0.15, 0.2) is 60.7 Å². The Kier molecular flexibility index (Phi) is 7.61. The summed E-state index contributed by atoms with van der Waals surface area (Å²) >= 11 is 0. The van der Waals surface area contributed by atoms with Gasteiger partial charge in [-0.3, -0.25) is 0 Å². The molecule has 7 nitrogen and oxygen atoms in total. The number of hydrogen-bond donors (Lipinski definition) is 3. The van der Waals surface area contributed by atoms with Crippen LogP contribution in [-0.2, 0) is 22.5 Å². The average molecular weight is 399 g/mol. The van der Waals surface area contributed by atoms with E-state index < -0.39 is 23.5 Å². The van der Waals surface area contributed by atoms with Gasteiger partial charge >= 0.3 is 12.2 Å². The van der Waals surface area contributed by atoms with E-state index in [4.69, 9.17) is 15.2 Å². The van der Waals surface area contributed by atoms with Gasteiger partial charge in [-0.1, -0.05) is 60.7 Å². The number of benzene rings is 2. The quantitative estimate of drug-likeness (QED) is 0.620. The molecule has 0 spiro atoms. The lowest BCUT2D eigenvalue weighted by Crippen LogP contribution is -2.64. The first kappa shape index (κ1) is 22.2. The molecule has 0 aliphatic heterocycles. The number of carbonyl (C=O) groups is 2. The molecule has 2 rings (SSSR count). The fourth-order valence-electron chi connectivity index (χ4n) is 2.62. The number of nitrogens with one attached hydrogen (secondary N) is 2. The summed E-state index contributed by atoms with van der Waals surface area (Å²) < 4.78 is 10.5. The van der Waals surface area contributed by atoms with Gasteiger partial charge in [0.1, 0.15) is 17.9 Å². The zero-order chi connectivity index (χ0) is 21.3. The van der Waals surface area contributed by atoms with Crippen LogP contribution in [-0.4, -0.2) is 30.0 Å². The number of carbonyl (C=O) groups excluding carboxylic acids is 2. The summed E-state index contributed by atoms with van der Waals surface area (Å²) in [5.74, 6) is 0. The van der Waals surface area contributed by atoms with Crippen molar-refractivity contribution in [2.24, 2.45) is 5.73 Å². The molecule has 2 amide bonds. The van der Waals surface area contributed by atoms with Crippen LogP contribution in [0.5, 0.6) is 0 Å². The van der Waals surface area contributed by atoms with Crippen molar-refractivity contribution in [2.75, 3.05) is 6.54 Å². The van der Waals surface area contributed by atoms with Crippen LogP contribution in [0.4, 0.5) is 9.59 Å². The molecule has 0 heterocycles. The predicted octanol–water partition coefficient (Wildman–Crippen LogP) is 3.34. The van der Waals surface area contributed by atoms with E-state index in [0.717, 1.165) is 11.1 Å². The molecule has 0 saturated carbocycles. The lowest BCUT2D eigenvalue weighted by Gasteiger charge is -2.32. The summed E-state index contributed by atoms with van der Waals surface area (Å²) in [5.41, 5.74) is 6.28. The Balaban J connectivity index is 1.98. The van der Waals surface area contributed by atoms with Crippen LogP contribution in [0.25, 0.3) is 0 Å². The molecule has 0 aliphatic rings. The third-order valence-electron chi connectivity index (χ3n) is 3.87. The summed E-state index contributed by atoms with van der Waals surface area (Å²) in [6.07, 6.45) is -0.982. The molecule has 2 aromatic rings. The van der Waals surface area contributed by atoms with E-state index in [1.807, 2.05) is 60.7 Å². The first-order valence-electron chi connectivity index (χ1n) is 9.44. The zero-order valence-corrected chi connectivity index (χ0v) is 17.1. The van der Waals surface area contributed by atoms with Crippen molar-refractivity contribution >= 4 is 12.2 Å². The molecule has 156 valence electrons. The van der Waals surface area contributed by atoms with Crippen molar-refractivity contribution in [3.8, 4) is 0 Å². The summed E-state index contributed by atoms with van der Waals surface area (Å²) in [6.45, 7) is 5.40. The van der Waals surface area contributed by atoms with Crippen molar-refractivity contribution in [1.29, 1.82) is 0 Å². The molecule has 0 saturated heterocycles. The molecule has 0 aromatic heterocycles. The van der Waals surface area contributed by atoms with Crippen LogP contribution in [0.2, 0.25) is 0 Å². The summed E-state index contributed by atoms with van der Waals surface area (Å²) in [6, 6.07) is 18.8. The maximum atomic E-state index is 12.3. The summed E-state index contributed by atoms with van der Waals surface area (Å²) in [5, 5.41) is 5.30. The molecule has 0 fully saturated rings. The van der Waals surface area contributed by atoms with Gasteiger partial charge in [-0.2, -0.15) is 0 Å². The third-order valence-corrected chi connectivity index (χ3v) is 3.87. The van der Waals surface area contributed by atoms with Crippen molar-refractivity contribution < 1.29 is 19.1 Å². The Bertz CT molecular complexity index is 791. The minimum Gasteiger partial charge on any atom is -0.445 e. The minimum atomic E-state index is -1.25. The second-order valence-electron chi connectivity index (χ2n) is 7.86. The Morgan fingerprint density at radius 2 is 1.45 bits per heavy atom. The van der Waals surface area contributed by atoms with E-state index in [2.05, 4.69) is 10.6 Å². The smallest absolute Gasteiger partial charge is 0.409 e. The average Bonchev–Trinajstić information content (AvgIpc) is 2.64. The number of nitrogens with two attached hydrogens (primary N) is 1. The van der Waals surface area contributed by atoms with Crippen molar-refractivity contribution in [2.45, 2.75) is 45.1 Å². The molecule has 1 unspecified atom stereocenters. The lowest BCUT2D eigenvalue weighted by atomic mass is 10.0. The van der Waals surface area contributed by atoms with Crippen LogP contribution >= 0.6 is 0 Å².